The minimum atomic E-state index is -0.0701. The van der Waals surface area contributed by atoms with Gasteiger partial charge in [0.1, 0.15) is 5.82 Å². The van der Waals surface area contributed by atoms with Crippen LogP contribution in [0, 0.1) is 0 Å². The Bertz CT molecular complexity index is 684. The van der Waals surface area contributed by atoms with Crippen molar-refractivity contribution in [2.45, 2.75) is 12.8 Å². The summed E-state index contributed by atoms with van der Waals surface area (Å²) in [5.41, 5.74) is 1.62. The Hall–Kier alpha value is -2.76. The summed E-state index contributed by atoms with van der Waals surface area (Å²) in [6, 6.07) is 9.36. The Balaban J connectivity index is 1.96. The number of carbonyl (C=O) groups is 1. The molecular formula is C18H23N3O3. The monoisotopic (exact) mass is 329 g/mol. The maximum absolute atomic E-state index is 12.1. The molecule has 2 aromatic rings. The van der Waals surface area contributed by atoms with Crippen LogP contribution >= 0.6 is 0 Å². The predicted molar refractivity (Wildman–Crippen MR) is 95.1 cm³/mol. The lowest BCUT2D eigenvalue weighted by Crippen LogP contribution is -2.14. The number of carbonyl (C=O) groups excluding carboxylic acids is 1. The van der Waals surface area contributed by atoms with Crippen molar-refractivity contribution < 1.29 is 14.3 Å². The zero-order valence-electron chi connectivity index (χ0n) is 14.5. The number of para-hydroxylation sites is 1. The van der Waals surface area contributed by atoms with Gasteiger partial charge in [-0.05, 0) is 30.2 Å². The molecule has 1 amide bonds. The van der Waals surface area contributed by atoms with Crippen molar-refractivity contribution >= 4 is 17.4 Å². The molecule has 0 aliphatic rings. The van der Waals surface area contributed by atoms with Gasteiger partial charge in [-0.3, -0.25) is 4.79 Å². The number of amides is 1. The van der Waals surface area contributed by atoms with E-state index in [2.05, 4.69) is 10.3 Å². The molecular weight excluding hydrogens is 306 g/mol. The Morgan fingerprint density at radius 3 is 2.54 bits per heavy atom. The largest absolute Gasteiger partial charge is 0.493 e. The Morgan fingerprint density at radius 2 is 1.96 bits per heavy atom. The van der Waals surface area contributed by atoms with Crippen LogP contribution < -0.4 is 19.7 Å². The van der Waals surface area contributed by atoms with Gasteiger partial charge in [-0.1, -0.05) is 12.1 Å². The van der Waals surface area contributed by atoms with Crippen LogP contribution in [0.4, 0.5) is 11.5 Å². The Labute approximate surface area is 142 Å². The van der Waals surface area contributed by atoms with Gasteiger partial charge >= 0.3 is 0 Å². The number of anilines is 2. The van der Waals surface area contributed by atoms with E-state index in [9.17, 15) is 4.79 Å². The number of rotatable bonds is 7. The van der Waals surface area contributed by atoms with Crippen LogP contribution in [-0.4, -0.2) is 39.2 Å². The summed E-state index contributed by atoms with van der Waals surface area (Å²) in [5, 5.41) is 2.85. The molecule has 24 heavy (non-hydrogen) atoms. The number of aromatic nitrogens is 1. The molecule has 128 valence electrons. The highest BCUT2D eigenvalue weighted by Gasteiger charge is 2.11. The van der Waals surface area contributed by atoms with Gasteiger partial charge in [0.25, 0.3) is 0 Å². The van der Waals surface area contributed by atoms with Gasteiger partial charge < -0.3 is 19.7 Å². The number of hydrogen-bond donors (Lipinski definition) is 1. The topological polar surface area (TPSA) is 63.7 Å². The van der Waals surface area contributed by atoms with E-state index in [0.29, 0.717) is 30.0 Å². The summed E-state index contributed by atoms with van der Waals surface area (Å²) in [7, 11) is 7.03. The van der Waals surface area contributed by atoms with E-state index in [-0.39, 0.29) is 5.91 Å². The molecule has 0 aliphatic carbocycles. The van der Waals surface area contributed by atoms with Gasteiger partial charge in [0, 0.05) is 20.5 Å². The van der Waals surface area contributed by atoms with Crippen LogP contribution in [-0.2, 0) is 11.2 Å². The second-order valence-electron chi connectivity index (χ2n) is 5.50. The van der Waals surface area contributed by atoms with Gasteiger partial charge in [-0.15, -0.1) is 0 Å². The molecule has 0 aliphatic heterocycles. The molecule has 0 spiro atoms. The van der Waals surface area contributed by atoms with E-state index < -0.39 is 0 Å². The van der Waals surface area contributed by atoms with E-state index in [1.165, 1.54) is 0 Å². The number of methoxy groups -OCH3 is 2. The summed E-state index contributed by atoms with van der Waals surface area (Å²) in [5.74, 6) is 2.11. The van der Waals surface area contributed by atoms with E-state index >= 15 is 0 Å². The normalized spacial score (nSPS) is 10.2. The average Bonchev–Trinajstić information content (AvgIpc) is 2.59. The highest BCUT2D eigenvalue weighted by molar-refractivity contribution is 5.90. The van der Waals surface area contributed by atoms with E-state index in [4.69, 9.17) is 9.47 Å². The highest BCUT2D eigenvalue weighted by atomic mass is 16.5. The third kappa shape index (κ3) is 4.38. The molecule has 1 aromatic carbocycles. The van der Waals surface area contributed by atoms with Crippen molar-refractivity contribution in [1.29, 1.82) is 0 Å². The fraction of sp³-hybridized carbons (Fsp3) is 0.333. The van der Waals surface area contributed by atoms with E-state index in [1.807, 2.05) is 49.3 Å². The quantitative estimate of drug-likeness (QED) is 0.846. The number of hydrogen-bond acceptors (Lipinski definition) is 5. The number of pyridine rings is 1. The molecule has 0 fully saturated rings. The smallest absolute Gasteiger partial charge is 0.224 e. The van der Waals surface area contributed by atoms with Gasteiger partial charge in [-0.25, -0.2) is 4.98 Å². The van der Waals surface area contributed by atoms with Gasteiger partial charge in [0.05, 0.1) is 26.1 Å². The lowest BCUT2D eigenvalue weighted by atomic mass is 10.1. The van der Waals surface area contributed by atoms with Crippen molar-refractivity contribution in [3.63, 3.8) is 0 Å². The average molecular weight is 329 g/mol. The van der Waals surface area contributed by atoms with Crippen LogP contribution in [0.1, 0.15) is 12.0 Å². The van der Waals surface area contributed by atoms with Crippen molar-refractivity contribution in [2.75, 3.05) is 38.5 Å². The van der Waals surface area contributed by atoms with Gasteiger partial charge in [0.2, 0.25) is 5.91 Å². The molecule has 0 unspecified atom stereocenters. The molecule has 0 bridgehead atoms. The molecule has 1 heterocycles. The van der Waals surface area contributed by atoms with E-state index in [1.54, 1.807) is 20.4 Å². The SMILES string of the molecule is COc1cccc(CCC(=O)Nc2ccc(N(C)C)nc2)c1OC. The Kier molecular flexibility index (Phi) is 6.01. The van der Waals surface area contributed by atoms with Crippen LogP contribution in [0.2, 0.25) is 0 Å². The number of benzene rings is 1. The number of aryl methyl sites for hydroxylation is 1. The summed E-state index contributed by atoms with van der Waals surface area (Å²) in [6.45, 7) is 0. The zero-order chi connectivity index (χ0) is 17.5. The summed E-state index contributed by atoms with van der Waals surface area (Å²) < 4.78 is 10.7. The first kappa shape index (κ1) is 17.6. The van der Waals surface area contributed by atoms with Crippen molar-refractivity contribution in [1.82, 2.24) is 4.98 Å². The first-order chi connectivity index (χ1) is 11.5. The number of nitrogens with zero attached hydrogens (tertiary/aromatic N) is 2. The lowest BCUT2D eigenvalue weighted by molar-refractivity contribution is -0.116. The molecule has 6 heteroatoms. The molecule has 0 saturated heterocycles. The first-order valence-electron chi connectivity index (χ1n) is 7.68. The third-order valence-electron chi connectivity index (χ3n) is 3.60. The number of nitrogens with one attached hydrogen (secondary N) is 1. The van der Waals surface area contributed by atoms with Crippen molar-refractivity contribution in [2.24, 2.45) is 0 Å². The van der Waals surface area contributed by atoms with Crippen LogP contribution in [0.15, 0.2) is 36.5 Å². The first-order valence-corrected chi connectivity index (χ1v) is 7.68. The summed E-state index contributed by atoms with van der Waals surface area (Å²) in [4.78, 5) is 18.3. The van der Waals surface area contributed by atoms with Crippen LogP contribution in [0.25, 0.3) is 0 Å². The predicted octanol–water partition coefficient (Wildman–Crippen LogP) is 2.74. The molecule has 1 aromatic heterocycles. The highest BCUT2D eigenvalue weighted by Crippen LogP contribution is 2.31. The summed E-state index contributed by atoms with van der Waals surface area (Å²) >= 11 is 0. The molecule has 6 nitrogen and oxygen atoms in total. The van der Waals surface area contributed by atoms with Crippen molar-refractivity contribution in [3.05, 3.63) is 42.1 Å². The zero-order valence-corrected chi connectivity index (χ0v) is 14.5. The molecule has 1 N–H and O–H groups in total. The molecule has 0 radical (unpaired) electrons. The second kappa shape index (κ2) is 8.19. The maximum atomic E-state index is 12.1. The number of ether oxygens (including phenoxy) is 2. The minimum absolute atomic E-state index is 0.0701. The summed E-state index contributed by atoms with van der Waals surface area (Å²) in [6.07, 6.45) is 2.56. The van der Waals surface area contributed by atoms with Crippen molar-refractivity contribution in [3.8, 4) is 11.5 Å². The van der Waals surface area contributed by atoms with Crippen LogP contribution in [0.3, 0.4) is 0 Å². The lowest BCUT2D eigenvalue weighted by Gasteiger charge is -2.13. The minimum Gasteiger partial charge on any atom is -0.493 e. The second-order valence-corrected chi connectivity index (χ2v) is 5.50. The molecule has 0 atom stereocenters. The van der Waals surface area contributed by atoms with Gasteiger partial charge in [-0.2, -0.15) is 0 Å². The third-order valence-corrected chi connectivity index (χ3v) is 3.60. The van der Waals surface area contributed by atoms with Crippen LogP contribution in [0.5, 0.6) is 11.5 Å². The van der Waals surface area contributed by atoms with E-state index in [0.717, 1.165) is 11.4 Å². The van der Waals surface area contributed by atoms with Gasteiger partial charge in [0.15, 0.2) is 11.5 Å². The fourth-order valence-corrected chi connectivity index (χ4v) is 2.35. The standard InChI is InChI=1S/C18H23N3O3/c1-21(2)16-10-9-14(12-19-16)20-17(22)11-8-13-6-5-7-15(23-3)18(13)24-4/h5-7,9-10,12H,8,11H2,1-4H3,(H,20,22). The fourth-order valence-electron chi connectivity index (χ4n) is 2.35. The molecule has 0 saturated carbocycles. The molecule has 2 rings (SSSR count). The maximum Gasteiger partial charge on any atom is 0.224 e. The Morgan fingerprint density at radius 1 is 1.17 bits per heavy atom.